The van der Waals surface area contributed by atoms with Crippen LogP contribution >= 0.6 is 11.6 Å². The molecule has 0 saturated heterocycles. The summed E-state index contributed by atoms with van der Waals surface area (Å²) in [5, 5.41) is 2.22. The minimum Gasteiger partial charge on any atom is -0.355 e. The van der Waals surface area contributed by atoms with Gasteiger partial charge in [0.2, 0.25) is 5.91 Å². The highest BCUT2D eigenvalue weighted by atomic mass is 35.5. The average Bonchev–Trinajstić information content (AvgIpc) is 2.74. The van der Waals surface area contributed by atoms with E-state index in [1.54, 1.807) is 31.3 Å². The number of imidazole rings is 1. The van der Waals surface area contributed by atoms with Crippen LogP contribution in [0.4, 0.5) is 0 Å². The van der Waals surface area contributed by atoms with Gasteiger partial charge >= 0.3 is 0 Å². The average molecular weight is 331 g/mol. The van der Waals surface area contributed by atoms with Gasteiger partial charge in [0, 0.05) is 12.7 Å². The number of carbonyl (C=O) groups excluding carboxylic acids is 1. The molecule has 0 aliphatic heterocycles. The van der Waals surface area contributed by atoms with Crippen molar-refractivity contribution in [2.24, 2.45) is 0 Å². The van der Waals surface area contributed by atoms with E-state index in [0.29, 0.717) is 12.2 Å². The van der Waals surface area contributed by atoms with E-state index in [0.717, 1.165) is 0 Å². The third-order valence-electron chi connectivity index (χ3n) is 2.78. The molecule has 7 nitrogen and oxygen atoms in total. The molecule has 0 aliphatic rings. The second kappa shape index (κ2) is 6.00. The number of pyridine rings is 1. The maximum Gasteiger partial charge on any atom is 0.260 e. The Morgan fingerprint density at radius 3 is 2.86 bits per heavy atom. The quantitative estimate of drug-likeness (QED) is 0.847. The first-order chi connectivity index (χ1) is 9.86. The van der Waals surface area contributed by atoms with Crippen LogP contribution in [0.1, 0.15) is 13.8 Å². The SMILES string of the molecule is CCNC(=O)C(C)NS(=O)(=O)c1c(Cl)nc2ccccn12. The highest BCUT2D eigenvalue weighted by molar-refractivity contribution is 7.89. The van der Waals surface area contributed by atoms with Crippen LogP contribution in [0.5, 0.6) is 0 Å². The molecule has 0 bridgehead atoms. The molecule has 0 aliphatic carbocycles. The summed E-state index contributed by atoms with van der Waals surface area (Å²) < 4.78 is 28.5. The predicted molar refractivity (Wildman–Crippen MR) is 78.7 cm³/mol. The van der Waals surface area contributed by atoms with Gasteiger partial charge in [-0.1, -0.05) is 17.7 Å². The van der Waals surface area contributed by atoms with E-state index in [2.05, 4.69) is 15.0 Å². The first-order valence-corrected chi connectivity index (χ1v) is 8.15. The van der Waals surface area contributed by atoms with Crippen LogP contribution in [-0.4, -0.2) is 36.3 Å². The fourth-order valence-electron chi connectivity index (χ4n) is 1.85. The number of rotatable bonds is 5. The summed E-state index contributed by atoms with van der Waals surface area (Å²) in [6, 6.07) is 4.11. The highest BCUT2D eigenvalue weighted by Crippen LogP contribution is 2.22. The summed E-state index contributed by atoms with van der Waals surface area (Å²) in [6.07, 6.45) is 1.54. The summed E-state index contributed by atoms with van der Waals surface area (Å²) in [5.41, 5.74) is 0.411. The second-order valence-corrected chi connectivity index (χ2v) is 6.36. The van der Waals surface area contributed by atoms with Crippen molar-refractivity contribution in [3.8, 4) is 0 Å². The third kappa shape index (κ3) is 3.17. The van der Waals surface area contributed by atoms with E-state index in [-0.39, 0.29) is 10.2 Å². The number of nitrogens with one attached hydrogen (secondary N) is 2. The Morgan fingerprint density at radius 1 is 1.48 bits per heavy atom. The number of amides is 1. The Morgan fingerprint density at radius 2 is 2.19 bits per heavy atom. The standard InChI is InChI=1S/C12H15ClN4O3S/c1-3-14-11(18)8(2)16-21(19,20)12-10(13)15-9-6-4-5-7-17(9)12/h4-8,16H,3H2,1-2H3,(H,14,18). The van der Waals surface area contributed by atoms with E-state index in [9.17, 15) is 13.2 Å². The van der Waals surface area contributed by atoms with Crippen LogP contribution in [0.25, 0.3) is 5.65 Å². The van der Waals surface area contributed by atoms with Crippen LogP contribution in [-0.2, 0) is 14.8 Å². The molecule has 2 aromatic heterocycles. The third-order valence-corrected chi connectivity index (χ3v) is 4.72. The zero-order valence-corrected chi connectivity index (χ0v) is 13.1. The molecule has 114 valence electrons. The zero-order chi connectivity index (χ0) is 15.6. The van der Waals surface area contributed by atoms with Gasteiger partial charge in [-0.2, -0.15) is 4.72 Å². The monoisotopic (exact) mass is 330 g/mol. The number of hydrogen-bond donors (Lipinski definition) is 2. The Bertz CT molecular complexity index is 772. The maximum absolute atomic E-state index is 12.4. The van der Waals surface area contributed by atoms with Gasteiger partial charge < -0.3 is 5.32 Å². The number of nitrogens with zero attached hydrogens (tertiary/aromatic N) is 2. The zero-order valence-electron chi connectivity index (χ0n) is 11.5. The maximum atomic E-state index is 12.4. The lowest BCUT2D eigenvalue weighted by molar-refractivity contribution is -0.122. The van der Waals surface area contributed by atoms with E-state index in [1.165, 1.54) is 11.3 Å². The smallest absolute Gasteiger partial charge is 0.260 e. The van der Waals surface area contributed by atoms with Gasteiger partial charge in [-0.05, 0) is 26.0 Å². The van der Waals surface area contributed by atoms with E-state index in [1.807, 2.05) is 0 Å². The molecule has 2 heterocycles. The second-order valence-electron chi connectivity index (χ2n) is 4.37. The van der Waals surface area contributed by atoms with Crippen LogP contribution in [0.3, 0.4) is 0 Å². The molecule has 9 heteroatoms. The summed E-state index contributed by atoms with van der Waals surface area (Å²) in [6.45, 7) is 3.63. The molecule has 0 aromatic carbocycles. The van der Waals surface area contributed by atoms with Crippen LogP contribution in [0.2, 0.25) is 5.15 Å². The highest BCUT2D eigenvalue weighted by Gasteiger charge is 2.27. The van der Waals surface area contributed by atoms with Crippen molar-refractivity contribution < 1.29 is 13.2 Å². The number of carbonyl (C=O) groups is 1. The van der Waals surface area contributed by atoms with Crippen molar-refractivity contribution in [3.63, 3.8) is 0 Å². The lowest BCUT2D eigenvalue weighted by Gasteiger charge is -2.13. The topological polar surface area (TPSA) is 92.6 Å². The van der Waals surface area contributed by atoms with Gasteiger partial charge in [-0.25, -0.2) is 13.4 Å². The molecular formula is C12H15ClN4O3S. The summed E-state index contributed by atoms with van der Waals surface area (Å²) in [7, 11) is -3.98. The molecule has 1 atom stereocenters. The fourth-order valence-corrected chi connectivity index (χ4v) is 3.70. The van der Waals surface area contributed by atoms with Crippen molar-refractivity contribution in [2.75, 3.05) is 6.54 Å². The van der Waals surface area contributed by atoms with Gasteiger partial charge in [0.05, 0.1) is 6.04 Å². The number of fused-ring (bicyclic) bond motifs is 1. The molecule has 0 fully saturated rings. The normalized spacial score (nSPS) is 13.3. The van der Waals surface area contributed by atoms with E-state index < -0.39 is 22.0 Å². The molecule has 0 spiro atoms. The van der Waals surface area contributed by atoms with Gasteiger partial charge in [0.15, 0.2) is 10.2 Å². The van der Waals surface area contributed by atoms with Crippen LogP contribution in [0, 0.1) is 0 Å². The molecule has 2 aromatic rings. The van der Waals surface area contributed by atoms with Crippen LogP contribution in [0.15, 0.2) is 29.4 Å². The summed E-state index contributed by atoms with van der Waals surface area (Å²) in [4.78, 5) is 15.6. The Balaban J connectivity index is 2.38. The van der Waals surface area contributed by atoms with Gasteiger partial charge in [-0.3, -0.25) is 9.20 Å². The lowest BCUT2D eigenvalue weighted by Crippen LogP contribution is -2.44. The predicted octanol–water partition coefficient (Wildman–Crippen LogP) is 0.791. The Labute approximate surface area is 127 Å². The number of hydrogen-bond acceptors (Lipinski definition) is 4. The minimum absolute atomic E-state index is 0.142. The van der Waals surface area contributed by atoms with Crippen LogP contribution < -0.4 is 10.0 Å². The molecule has 2 N–H and O–H groups in total. The number of sulfonamides is 1. The Kier molecular flexibility index (Phi) is 4.50. The molecule has 2 rings (SSSR count). The largest absolute Gasteiger partial charge is 0.355 e. The molecule has 21 heavy (non-hydrogen) atoms. The van der Waals surface area contributed by atoms with Gasteiger partial charge in [0.25, 0.3) is 10.0 Å². The minimum atomic E-state index is -3.98. The summed E-state index contributed by atoms with van der Waals surface area (Å²) in [5.74, 6) is -0.411. The first-order valence-electron chi connectivity index (χ1n) is 6.29. The first kappa shape index (κ1) is 15.7. The molecule has 0 saturated carbocycles. The van der Waals surface area contributed by atoms with E-state index >= 15 is 0 Å². The molecule has 1 unspecified atom stereocenters. The van der Waals surface area contributed by atoms with Crippen molar-refractivity contribution in [3.05, 3.63) is 29.5 Å². The molecule has 0 radical (unpaired) electrons. The summed E-state index contributed by atoms with van der Waals surface area (Å²) >= 11 is 5.92. The van der Waals surface area contributed by atoms with Gasteiger partial charge in [-0.15, -0.1) is 0 Å². The van der Waals surface area contributed by atoms with Gasteiger partial charge in [0.1, 0.15) is 5.65 Å². The number of halogens is 1. The van der Waals surface area contributed by atoms with Crippen molar-refractivity contribution in [1.82, 2.24) is 19.4 Å². The van der Waals surface area contributed by atoms with Crippen molar-refractivity contribution in [2.45, 2.75) is 24.9 Å². The Hall–Kier alpha value is -1.64. The number of likely N-dealkylation sites (N-methyl/N-ethyl adjacent to an activating group) is 1. The molecular weight excluding hydrogens is 316 g/mol. The van der Waals surface area contributed by atoms with E-state index in [4.69, 9.17) is 11.6 Å². The van der Waals surface area contributed by atoms with Crippen molar-refractivity contribution >= 4 is 33.2 Å². The lowest BCUT2D eigenvalue weighted by atomic mass is 10.3. The fraction of sp³-hybridized carbons (Fsp3) is 0.333. The number of aromatic nitrogens is 2. The molecule has 1 amide bonds. The van der Waals surface area contributed by atoms with Crippen molar-refractivity contribution in [1.29, 1.82) is 0 Å².